The van der Waals surface area contributed by atoms with Crippen LogP contribution in [0, 0.1) is 5.41 Å². The molecule has 0 unspecified atom stereocenters. The van der Waals surface area contributed by atoms with Gasteiger partial charge in [0.15, 0.2) is 0 Å². The number of carboxylic acid groups (broad SMARTS) is 1. The van der Waals surface area contributed by atoms with Crippen molar-refractivity contribution < 1.29 is 18.3 Å². The van der Waals surface area contributed by atoms with Crippen LogP contribution in [0.5, 0.6) is 0 Å². The van der Waals surface area contributed by atoms with Gasteiger partial charge in [-0.3, -0.25) is 4.79 Å². The third-order valence-electron chi connectivity index (χ3n) is 5.01. The zero-order chi connectivity index (χ0) is 18.0. The number of piperazine rings is 1. The van der Waals surface area contributed by atoms with Gasteiger partial charge in [0, 0.05) is 39.3 Å². The highest BCUT2D eigenvalue weighted by Gasteiger charge is 2.46. The van der Waals surface area contributed by atoms with E-state index in [9.17, 15) is 18.3 Å². The maximum absolute atomic E-state index is 12.9. The molecule has 2 heterocycles. The number of likely N-dealkylation sites (N-methyl/N-ethyl adjacent to an activating group) is 1. The van der Waals surface area contributed by atoms with Crippen molar-refractivity contribution in [3.63, 3.8) is 0 Å². The Morgan fingerprint density at radius 2 is 1.75 bits per heavy atom. The zero-order valence-electron chi connectivity index (χ0n) is 14.9. The predicted molar refractivity (Wildman–Crippen MR) is 92.9 cm³/mol. The van der Waals surface area contributed by atoms with Gasteiger partial charge in [-0.2, -0.15) is 17.0 Å². The van der Waals surface area contributed by atoms with Crippen molar-refractivity contribution >= 4 is 16.2 Å². The molecule has 24 heavy (non-hydrogen) atoms. The Bertz CT molecular complexity index is 592. The molecule has 2 rings (SSSR count). The van der Waals surface area contributed by atoms with Gasteiger partial charge in [-0.15, -0.1) is 0 Å². The van der Waals surface area contributed by atoms with E-state index in [1.807, 2.05) is 27.0 Å². The Kier molecular flexibility index (Phi) is 6.06. The maximum Gasteiger partial charge on any atom is 0.311 e. The summed E-state index contributed by atoms with van der Waals surface area (Å²) in [6.07, 6.45) is 3.37. The largest absolute Gasteiger partial charge is 0.481 e. The van der Waals surface area contributed by atoms with E-state index in [0.717, 1.165) is 5.57 Å². The Balaban J connectivity index is 2.18. The van der Waals surface area contributed by atoms with E-state index in [0.29, 0.717) is 52.0 Å². The first-order valence-electron chi connectivity index (χ1n) is 8.48. The van der Waals surface area contributed by atoms with Crippen LogP contribution in [0.15, 0.2) is 11.6 Å². The van der Waals surface area contributed by atoms with Crippen LogP contribution in [-0.4, -0.2) is 79.3 Å². The molecular formula is C16H29N3O4S. The normalized spacial score (nSPS) is 27.8. The molecule has 2 saturated heterocycles. The molecule has 0 saturated carbocycles. The van der Waals surface area contributed by atoms with Crippen LogP contribution in [0.25, 0.3) is 0 Å². The molecule has 1 N–H and O–H groups in total. The second kappa shape index (κ2) is 7.51. The van der Waals surface area contributed by atoms with Gasteiger partial charge in [0.1, 0.15) is 0 Å². The van der Waals surface area contributed by atoms with Crippen LogP contribution >= 0.6 is 0 Å². The summed E-state index contributed by atoms with van der Waals surface area (Å²) in [5, 5.41) is 9.76. The molecule has 1 atom stereocenters. The summed E-state index contributed by atoms with van der Waals surface area (Å²) in [4.78, 5) is 14.0. The zero-order valence-corrected chi connectivity index (χ0v) is 15.7. The summed E-state index contributed by atoms with van der Waals surface area (Å²) in [5.41, 5.74) is 0.0319. The van der Waals surface area contributed by atoms with E-state index in [4.69, 9.17) is 0 Å². The van der Waals surface area contributed by atoms with Crippen molar-refractivity contribution in [1.82, 2.24) is 13.5 Å². The summed E-state index contributed by atoms with van der Waals surface area (Å²) in [5.74, 6) is -0.904. The van der Waals surface area contributed by atoms with E-state index in [1.165, 1.54) is 8.61 Å². The van der Waals surface area contributed by atoms with Crippen molar-refractivity contribution in [2.24, 2.45) is 5.41 Å². The van der Waals surface area contributed by atoms with Crippen molar-refractivity contribution in [1.29, 1.82) is 0 Å². The van der Waals surface area contributed by atoms with Gasteiger partial charge in [-0.1, -0.05) is 11.6 Å². The minimum Gasteiger partial charge on any atom is -0.481 e. The van der Waals surface area contributed by atoms with Gasteiger partial charge in [0.05, 0.1) is 5.41 Å². The molecule has 2 aliphatic heterocycles. The summed E-state index contributed by atoms with van der Waals surface area (Å²) in [7, 11) is -1.62. The lowest BCUT2D eigenvalue weighted by Crippen LogP contribution is -2.56. The summed E-state index contributed by atoms with van der Waals surface area (Å²) < 4.78 is 28.7. The molecule has 0 aromatic rings. The van der Waals surface area contributed by atoms with E-state index >= 15 is 0 Å². The molecule has 7 nitrogen and oxygen atoms in total. The van der Waals surface area contributed by atoms with Crippen LogP contribution in [0.1, 0.15) is 33.1 Å². The third kappa shape index (κ3) is 4.17. The maximum atomic E-state index is 12.9. The molecule has 0 spiro atoms. The van der Waals surface area contributed by atoms with Crippen molar-refractivity contribution in [3.8, 4) is 0 Å². The number of aliphatic carboxylic acids is 1. The fourth-order valence-corrected chi connectivity index (χ4v) is 5.02. The molecular weight excluding hydrogens is 330 g/mol. The van der Waals surface area contributed by atoms with Crippen LogP contribution < -0.4 is 0 Å². The molecule has 8 heteroatoms. The van der Waals surface area contributed by atoms with Crippen LogP contribution in [0.2, 0.25) is 0 Å². The Hall–Kier alpha value is -0.960. The molecule has 0 aliphatic carbocycles. The summed E-state index contributed by atoms with van der Waals surface area (Å²) >= 11 is 0. The molecule has 0 aromatic carbocycles. The molecule has 138 valence electrons. The topological polar surface area (TPSA) is 81.2 Å². The minimum atomic E-state index is -3.60. The standard InChI is InChI=1S/C16H29N3O4S/c1-14(2)5-7-16(15(20)21)6-4-8-19(13-16)24(22,23)18-11-9-17(3)10-12-18/h5H,4,6-13H2,1-3H3,(H,20,21)/t16-/m1/s1. The second-order valence-corrected chi connectivity index (χ2v) is 9.15. The number of carboxylic acids is 1. The smallest absolute Gasteiger partial charge is 0.311 e. The molecule has 2 fully saturated rings. The first kappa shape index (κ1) is 19.4. The number of nitrogens with zero attached hydrogens (tertiary/aromatic N) is 3. The van der Waals surface area contributed by atoms with Gasteiger partial charge < -0.3 is 10.0 Å². The number of allylic oxidation sites excluding steroid dienone is 2. The fourth-order valence-electron chi connectivity index (χ4n) is 3.30. The van der Waals surface area contributed by atoms with Crippen LogP contribution in [-0.2, 0) is 15.0 Å². The van der Waals surface area contributed by atoms with E-state index in [2.05, 4.69) is 4.90 Å². The Morgan fingerprint density at radius 3 is 2.29 bits per heavy atom. The first-order valence-corrected chi connectivity index (χ1v) is 9.88. The lowest BCUT2D eigenvalue weighted by Gasteiger charge is -2.42. The minimum absolute atomic E-state index is 0.0563. The van der Waals surface area contributed by atoms with Gasteiger partial charge >= 0.3 is 5.97 Å². The number of hydrogen-bond donors (Lipinski definition) is 1. The van der Waals surface area contributed by atoms with E-state index in [-0.39, 0.29) is 6.54 Å². The lowest BCUT2D eigenvalue weighted by molar-refractivity contribution is -0.151. The van der Waals surface area contributed by atoms with Gasteiger partial charge in [-0.05, 0) is 40.2 Å². The highest BCUT2D eigenvalue weighted by atomic mass is 32.2. The average molecular weight is 359 g/mol. The summed E-state index contributed by atoms with van der Waals surface area (Å²) in [6, 6.07) is 0. The Labute approximate surface area is 145 Å². The average Bonchev–Trinajstić information content (AvgIpc) is 2.53. The lowest BCUT2D eigenvalue weighted by atomic mass is 9.77. The van der Waals surface area contributed by atoms with Crippen LogP contribution in [0.3, 0.4) is 0 Å². The quantitative estimate of drug-likeness (QED) is 0.741. The number of piperidine rings is 1. The number of carbonyl (C=O) groups is 1. The van der Waals surface area contributed by atoms with Crippen LogP contribution in [0.4, 0.5) is 0 Å². The Morgan fingerprint density at radius 1 is 1.12 bits per heavy atom. The number of hydrogen-bond acceptors (Lipinski definition) is 4. The van der Waals surface area contributed by atoms with Crippen molar-refractivity contribution in [3.05, 3.63) is 11.6 Å². The highest BCUT2D eigenvalue weighted by molar-refractivity contribution is 7.86. The molecule has 0 radical (unpaired) electrons. The molecule has 0 bridgehead atoms. The molecule has 0 amide bonds. The summed E-state index contributed by atoms with van der Waals surface area (Å²) in [6.45, 7) is 6.64. The van der Waals surface area contributed by atoms with Gasteiger partial charge in [0.25, 0.3) is 10.2 Å². The molecule has 0 aromatic heterocycles. The van der Waals surface area contributed by atoms with E-state index < -0.39 is 21.6 Å². The van der Waals surface area contributed by atoms with Crippen molar-refractivity contribution in [2.45, 2.75) is 33.1 Å². The molecule has 2 aliphatic rings. The third-order valence-corrected chi connectivity index (χ3v) is 6.99. The van der Waals surface area contributed by atoms with E-state index in [1.54, 1.807) is 0 Å². The first-order chi connectivity index (χ1) is 11.2. The number of rotatable bonds is 5. The highest BCUT2D eigenvalue weighted by Crippen LogP contribution is 2.36. The predicted octanol–water partition coefficient (Wildman–Crippen LogP) is 1.00. The van der Waals surface area contributed by atoms with Gasteiger partial charge in [0.2, 0.25) is 0 Å². The SMILES string of the molecule is CC(C)=CC[C@]1(C(=O)O)CCCN(S(=O)(=O)N2CCN(C)CC2)C1. The van der Waals surface area contributed by atoms with Gasteiger partial charge in [-0.25, -0.2) is 0 Å². The van der Waals surface area contributed by atoms with Crippen molar-refractivity contribution in [2.75, 3.05) is 46.3 Å². The fraction of sp³-hybridized carbons (Fsp3) is 0.812. The second-order valence-electron chi connectivity index (χ2n) is 7.22. The monoisotopic (exact) mass is 359 g/mol.